The maximum Gasteiger partial charge on any atom is 0.408 e. The number of hydrogen-bond donors (Lipinski definition) is 2. The largest absolute Gasteiger partial charge is 0.480 e. The Kier molecular flexibility index (Phi) is 4.98. The molecule has 1 aromatic carbocycles. The lowest BCUT2D eigenvalue weighted by Gasteiger charge is -2.15. The van der Waals surface area contributed by atoms with Gasteiger partial charge in [-0.2, -0.15) is 0 Å². The molecule has 0 aliphatic carbocycles. The second-order valence-corrected chi connectivity index (χ2v) is 4.48. The summed E-state index contributed by atoms with van der Waals surface area (Å²) in [5, 5.41) is 11.5. The van der Waals surface area contributed by atoms with Gasteiger partial charge in [-0.15, -0.1) is 0 Å². The lowest BCUT2D eigenvalue weighted by atomic mass is 10.2. The molecule has 0 bridgehead atoms. The third kappa shape index (κ3) is 4.68. The maximum atomic E-state index is 11.7. The molecule has 6 nitrogen and oxygen atoms in total. The lowest BCUT2D eigenvalue weighted by molar-refractivity contribution is -0.139. The molecule has 6 heteroatoms. The zero-order chi connectivity index (χ0) is 15.1. The first-order chi connectivity index (χ1) is 10.1. The molecule has 0 fully saturated rings. The van der Waals surface area contributed by atoms with E-state index in [2.05, 4.69) is 5.32 Å². The van der Waals surface area contributed by atoms with Crippen molar-refractivity contribution in [1.82, 2.24) is 9.88 Å². The highest BCUT2D eigenvalue weighted by molar-refractivity contribution is 5.79. The van der Waals surface area contributed by atoms with Crippen LogP contribution in [0.2, 0.25) is 0 Å². The van der Waals surface area contributed by atoms with Crippen LogP contribution in [0.25, 0.3) is 0 Å². The Morgan fingerprint density at radius 1 is 1.14 bits per heavy atom. The number of benzene rings is 1. The zero-order valence-corrected chi connectivity index (χ0v) is 11.3. The Labute approximate surface area is 122 Å². The number of aromatic nitrogens is 1. The van der Waals surface area contributed by atoms with E-state index >= 15 is 0 Å². The number of carboxylic acid groups (broad SMARTS) is 1. The zero-order valence-electron chi connectivity index (χ0n) is 11.3. The summed E-state index contributed by atoms with van der Waals surface area (Å²) in [5.41, 5.74) is 0.838. The quantitative estimate of drug-likeness (QED) is 0.850. The van der Waals surface area contributed by atoms with E-state index in [-0.39, 0.29) is 13.2 Å². The molecule has 2 N–H and O–H groups in total. The molecule has 0 aliphatic rings. The van der Waals surface area contributed by atoms with Crippen LogP contribution in [0, 0.1) is 0 Å². The number of aliphatic carboxylic acids is 1. The van der Waals surface area contributed by atoms with Gasteiger partial charge in [0.25, 0.3) is 0 Å². The van der Waals surface area contributed by atoms with E-state index in [1.807, 2.05) is 30.3 Å². The van der Waals surface area contributed by atoms with Gasteiger partial charge in [0, 0.05) is 12.4 Å². The first-order valence-electron chi connectivity index (χ1n) is 6.46. The van der Waals surface area contributed by atoms with Gasteiger partial charge in [-0.05, 0) is 17.7 Å². The van der Waals surface area contributed by atoms with Gasteiger partial charge in [-0.3, -0.25) is 0 Å². The Bertz CT molecular complexity index is 581. The SMILES string of the molecule is O=C(NC(Cn1cccc1)C(=O)O)OCc1ccccc1. The average molecular weight is 288 g/mol. The minimum atomic E-state index is -1.11. The van der Waals surface area contributed by atoms with Crippen LogP contribution in [0.3, 0.4) is 0 Å². The number of ether oxygens (including phenoxy) is 1. The molecule has 1 amide bonds. The van der Waals surface area contributed by atoms with Gasteiger partial charge in [0.05, 0.1) is 6.54 Å². The van der Waals surface area contributed by atoms with Crippen LogP contribution in [-0.2, 0) is 22.7 Å². The highest BCUT2D eigenvalue weighted by atomic mass is 16.5. The fraction of sp³-hybridized carbons (Fsp3) is 0.200. The van der Waals surface area contributed by atoms with Gasteiger partial charge >= 0.3 is 12.1 Å². The summed E-state index contributed by atoms with van der Waals surface area (Å²) in [7, 11) is 0. The molecule has 1 atom stereocenters. The second-order valence-electron chi connectivity index (χ2n) is 4.48. The van der Waals surface area contributed by atoms with Crippen LogP contribution in [0.4, 0.5) is 4.79 Å². The standard InChI is InChI=1S/C15H16N2O4/c18-14(19)13(10-17-8-4-5-9-17)16-15(20)21-11-12-6-2-1-3-7-12/h1-9,13H,10-11H2,(H,16,20)(H,18,19). The van der Waals surface area contributed by atoms with Gasteiger partial charge in [-0.25, -0.2) is 9.59 Å². The van der Waals surface area contributed by atoms with Crippen molar-refractivity contribution < 1.29 is 19.4 Å². The molecule has 1 unspecified atom stereocenters. The predicted octanol–water partition coefficient (Wildman–Crippen LogP) is 1.87. The molecular formula is C15H16N2O4. The molecule has 0 saturated heterocycles. The Balaban J connectivity index is 1.85. The molecular weight excluding hydrogens is 272 g/mol. The number of rotatable bonds is 6. The number of carboxylic acids is 1. The molecule has 110 valence electrons. The van der Waals surface area contributed by atoms with Crippen molar-refractivity contribution >= 4 is 12.1 Å². The minimum Gasteiger partial charge on any atom is -0.480 e. The van der Waals surface area contributed by atoms with E-state index in [9.17, 15) is 9.59 Å². The second kappa shape index (κ2) is 7.14. The molecule has 0 saturated carbocycles. The van der Waals surface area contributed by atoms with E-state index in [4.69, 9.17) is 9.84 Å². The van der Waals surface area contributed by atoms with Crippen molar-refractivity contribution in [3.8, 4) is 0 Å². The summed E-state index contributed by atoms with van der Waals surface area (Å²) in [6.07, 6.45) is 2.71. The molecule has 0 radical (unpaired) electrons. The summed E-state index contributed by atoms with van der Waals surface area (Å²) in [4.78, 5) is 22.8. The van der Waals surface area contributed by atoms with E-state index in [1.54, 1.807) is 29.1 Å². The van der Waals surface area contributed by atoms with Gasteiger partial charge in [0.1, 0.15) is 12.6 Å². The van der Waals surface area contributed by atoms with Crippen LogP contribution >= 0.6 is 0 Å². The highest BCUT2D eigenvalue weighted by Crippen LogP contribution is 2.01. The third-order valence-corrected chi connectivity index (χ3v) is 2.86. The molecule has 2 aromatic rings. The number of hydrogen-bond acceptors (Lipinski definition) is 3. The Morgan fingerprint density at radius 2 is 1.81 bits per heavy atom. The first-order valence-corrected chi connectivity index (χ1v) is 6.46. The Hall–Kier alpha value is -2.76. The summed E-state index contributed by atoms with van der Waals surface area (Å²) >= 11 is 0. The summed E-state index contributed by atoms with van der Waals surface area (Å²) in [6.45, 7) is 0.241. The number of carbonyl (C=O) groups excluding carboxylic acids is 1. The number of nitrogens with zero attached hydrogens (tertiary/aromatic N) is 1. The highest BCUT2D eigenvalue weighted by Gasteiger charge is 2.20. The number of carbonyl (C=O) groups is 2. The van der Waals surface area contributed by atoms with Crippen molar-refractivity contribution in [3.05, 3.63) is 60.4 Å². The van der Waals surface area contributed by atoms with Crippen LogP contribution < -0.4 is 5.32 Å². The number of amides is 1. The van der Waals surface area contributed by atoms with E-state index in [1.165, 1.54) is 0 Å². The average Bonchev–Trinajstić information content (AvgIpc) is 2.98. The monoisotopic (exact) mass is 288 g/mol. The molecule has 21 heavy (non-hydrogen) atoms. The Morgan fingerprint density at radius 3 is 2.43 bits per heavy atom. The van der Waals surface area contributed by atoms with Gasteiger partial charge in [-0.1, -0.05) is 30.3 Å². The smallest absolute Gasteiger partial charge is 0.408 e. The first kappa shape index (κ1) is 14.6. The molecule has 0 spiro atoms. The number of nitrogens with one attached hydrogen (secondary N) is 1. The lowest BCUT2D eigenvalue weighted by Crippen LogP contribution is -2.43. The van der Waals surface area contributed by atoms with Crippen LogP contribution in [0.15, 0.2) is 54.9 Å². The topological polar surface area (TPSA) is 80.6 Å². The normalized spacial score (nSPS) is 11.6. The summed E-state index contributed by atoms with van der Waals surface area (Å²) in [5.74, 6) is -1.11. The van der Waals surface area contributed by atoms with Crippen LogP contribution in [-0.4, -0.2) is 27.8 Å². The minimum absolute atomic E-state index is 0.0997. The van der Waals surface area contributed by atoms with Gasteiger partial charge < -0.3 is 19.7 Å². The van der Waals surface area contributed by atoms with Crippen LogP contribution in [0.1, 0.15) is 5.56 Å². The van der Waals surface area contributed by atoms with E-state index < -0.39 is 18.1 Å². The molecule has 2 rings (SSSR count). The van der Waals surface area contributed by atoms with Gasteiger partial charge in [0.15, 0.2) is 0 Å². The third-order valence-electron chi connectivity index (χ3n) is 2.86. The van der Waals surface area contributed by atoms with Crippen molar-refractivity contribution in [2.75, 3.05) is 0 Å². The van der Waals surface area contributed by atoms with Gasteiger partial charge in [0.2, 0.25) is 0 Å². The molecule has 0 aliphatic heterocycles. The van der Waals surface area contributed by atoms with E-state index in [0.29, 0.717) is 0 Å². The van der Waals surface area contributed by atoms with Crippen molar-refractivity contribution in [2.45, 2.75) is 19.2 Å². The molecule has 1 heterocycles. The predicted molar refractivity (Wildman–Crippen MR) is 75.6 cm³/mol. The maximum absolute atomic E-state index is 11.7. The fourth-order valence-corrected chi connectivity index (χ4v) is 1.80. The van der Waals surface area contributed by atoms with Crippen molar-refractivity contribution in [2.24, 2.45) is 0 Å². The van der Waals surface area contributed by atoms with Crippen molar-refractivity contribution in [1.29, 1.82) is 0 Å². The fourth-order valence-electron chi connectivity index (χ4n) is 1.80. The number of alkyl carbamates (subject to hydrolysis) is 1. The van der Waals surface area contributed by atoms with Crippen LogP contribution in [0.5, 0.6) is 0 Å². The summed E-state index contributed by atoms with van der Waals surface area (Å²) in [6, 6.07) is 11.7. The van der Waals surface area contributed by atoms with E-state index in [0.717, 1.165) is 5.56 Å². The summed E-state index contributed by atoms with van der Waals surface area (Å²) < 4.78 is 6.68. The van der Waals surface area contributed by atoms with Crippen molar-refractivity contribution in [3.63, 3.8) is 0 Å². The molecule has 1 aromatic heterocycles.